The van der Waals surface area contributed by atoms with Crippen molar-refractivity contribution >= 4 is 17.8 Å². The molecule has 0 aliphatic rings. The molecule has 0 saturated carbocycles. The predicted octanol–water partition coefficient (Wildman–Crippen LogP) is 1.10. The van der Waals surface area contributed by atoms with Gasteiger partial charge in [0.15, 0.2) is 0 Å². The molecule has 27 heavy (non-hydrogen) atoms. The van der Waals surface area contributed by atoms with Gasteiger partial charge in [0.1, 0.15) is 12.3 Å². The lowest BCUT2D eigenvalue weighted by Crippen LogP contribution is -2.24. The van der Waals surface area contributed by atoms with Crippen LogP contribution in [0.4, 0.5) is 5.69 Å². The Morgan fingerprint density at radius 2 is 2.07 bits per heavy atom. The van der Waals surface area contributed by atoms with E-state index in [1.54, 1.807) is 0 Å². The molecule has 0 aliphatic carbocycles. The second-order valence-electron chi connectivity index (χ2n) is 5.30. The minimum absolute atomic E-state index is 0.0924. The number of phenolic OH excluding ortho intramolecular Hbond substituents is 1. The number of benzene rings is 2. The summed E-state index contributed by atoms with van der Waals surface area (Å²) in [6.45, 7) is -0.224. The molecule has 1 heterocycles. The third-order valence-electron chi connectivity index (χ3n) is 3.38. The number of nitrogens with zero attached hydrogens (tertiary/aromatic N) is 6. The van der Waals surface area contributed by atoms with Crippen molar-refractivity contribution in [2.75, 3.05) is 0 Å². The first-order valence-corrected chi connectivity index (χ1v) is 7.65. The zero-order valence-electron chi connectivity index (χ0n) is 13.8. The van der Waals surface area contributed by atoms with Crippen LogP contribution in [0.2, 0.25) is 0 Å². The van der Waals surface area contributed by atoms with Crippen LogP contribution in [0, 0.1) is 10.1 Å². The number of aromatic nitrogens is 4. The van der Waals surface area contributed by atoms with Gasteiger partial charge in [-0.3, -0.25) is 14.9 Å². The highest BCUT2D eigenvalue weighted by molar-refractivity contribution is 5.85. The van der Waals surface area contributed by atoms with Crippen molar-refractivity contribution in [2.24, 2.45) is 5.10 Å². The molecule has 0 spiro atoms. The van der Waals surface area contributed by atoms with Gasteiger partial charge in [-0.25, -0.2) is 5.43 Å². The summed E-state index contributed by atoms with van der Waals surface area (Å²) in [5.41, 5.74) is 2.88. The second kappa shape index (κ2) is 7.82. The molecule has 11 nitrogen and oxygen atoms in total. The van der Waals surface area contributed by atoms with E-state index in [1.165, 1.54) is 6.07 Å². The number of carbonyl (C=O) groups excluding carboxylic acids is 1. The summed E-state index contributed by atoms with van der Waals surface area (Å²) in [4.78, 5) is 23.1. The van der Waals surface area contributed by atoms with Crippen molar-refractivity contribution in [1.82, 2.24) is 25.6 Å². The Kier molecular flexibility index (Phi) is 5.12. The number of nitrogens with one attached hydrogen (secondary N) is 1. The van der Waals surface area contributed by atoms with E-state index in [4.69, 9.17) is 0 Å². The molecule has 3 rings (SSSR count). The van der Waals surface area contributed by atoms with Gasteiger partial charge in [-0.15, -0.1) is 10.2 Å². The smallest absolute Gasteiger partial charge is 0.270 e. The number of phenols is 1. The summed E-state index contributed by atoms with van der Waals surface area (Å²) in [5.74, 6) is -0.356. The molecule has 0 bridgehead atoms. The second-order valence-corrected chi connectivity index (χ2v) is 5.30. The van der Waals surface area contributed by atoms with E-state index in [2.05, 4.69) is 25.9 Å². The van der Waals surface area contributed by atoms with Gasteiger partial charge in [0.2, 0.25) is 5.82 Å². The molecule has 2 N–H and O–H groups in total. The van der Waals surface area contributed by atoms with Crippen LogP contribution in [0.25, 0.3) is 11.4 Å². The fraction of sp³-hybridized carbons (Fsp3) is 0.0625. The van der Waals surface area contributed by atoms with Crippen molar-refractivity contribution in [3.63, 3.8) is 0 Å². The van der Waals surface area contributed by atoms with Gasteiger partial charge in [0.25, 0.3) is 11.6 Å². The molecule has 0 saturated heterocycles. The lowest BCUT2D eigenvalue weighted by Gasteiger charge is -2.00. The van der Waals surface area contributed by atoms with Crippen molar-refractivity contribution in [1.29, 1.82) is 0 Å². The van der Waals surface area contributed by atoms with Gasteiger partial charge in [-0.1, -0.05) is 30.3 Å². The number of tetrazole rings is 1. The number of amides is 1. The van der Waals surface area contributed by atoms with Gasteiger partial charge in [-0.2, -0.15) is 9.90 Å². The summed E-state index contributed by atoms with van der Waals surface area (Å²) < 4.78 is 0. The number of non-ortho nitro benzene ring substituents is 1. The highest BCUT2D eigenvalue weighted by Crippen LogP contribution is 2.21. The quantitative estimate of drug-likeness (QED) is 0.376. The molecular weight excluding hydrogens is 354 g/mol. The van der Waals surface area contributed by atoms with E-state index in [-0.39, 0.29) is 23.5 Å². The minimum atomic E-state index is -0.601. The SMILES string of the molecule is O=C(Cn1nnc(-c2ccccc2)n1)N/N=C\c1cc([N+](=O)[O-])ccc1O. The highest BCUT2D eigenvalue weighted by Gasteiger charge is 2.10. The maximum atomic E-state index is 11.9. The topological polar surface area (TPSA) is 148 Å². The summed E-state index contributed by atoms with van der Waals surface area (Å²) in [7, 11) is 0. The van der Waals surface area contributed by atoms with Gasteiger partial charge < -0.3 is 5.11 Å². The van der Waals surface area contributed by atoms with Gasteiger partial charge in [-0.05, 0) is 11.3 Å². The van der Waals surface area contributed by atoms with E-state index < -0.39 is 10.8 Å². The van der Waals surface area contributed by atoms with E-state index in [0.717, 1.165) is 28.7 Å². The van der Waals surface area contributed by atoms with Gasteiger partial charge >= 0.3 is 0 Å². The number of aromatic hydroxyl groups is 1. The Balaban J connectivity index is 1.60. The number of nitro groups is 1. The molecular formula is C16H13N7O4. The Morgan fingerprint density at radius 3 is 2.81 bits per heavy atom. The van der Waals surface area contributed by atoms with Gasteiger partial charge in [0.05, 0.1) is 11.1 Å². The predicted molar refractivity (Wildman–Crippen MR) is 93.8 cm³/mol. The first-order valence-electron chi connectivity index (χ1n) is 7.65. The summed E-state index contributed by atoms with van der Waals surface area (Å²) in [6, 6.07) is 12.6. The van der Waals surface area contributed by atoms with Crippen LogP contribution >= 0.6 is 0 Å². The van der Waals surface area contributed by atoms with E-state index in [1.807, 2.05) is 30.3 Å². The Bertz CT molecular complexity index is 1000. The van der Waals surface area contributed by atoms with Crippen molar-refractivity contribution in [2.45, 2.75) is 6.54 Å². The Morgan fingerprint density at radius 1 is 1.30 bits per heavy atom. The van der Waals surface area contributed by atoms with Crippen molar-refractivity contribution in [3.05, 3.63) is 64.2 Å². The Hall–Kier alpha value is -4.15. The maximum Gasteiger partial charge on any atom is 0.270 e. The molecule has 2 aromatic carbocycles. The fourth-order valence-corrected chi connectivity index (χ4v) is 2.11. The molecule has 0 radical (unpaired) electrons. The average Bonchev–Trinajstić information content (AvgIpc) is 3.12. The summed E-state index contributed by atoms with van der Waals surface area (Å²) >= 11 is 0. The largest absolute Gasteiger partial charge is 0.507 e. The lowest BCUT2D eigenvalue weighted by molar-refractivity contribution is -0.384. The first-order chi connectivity index (χ1) is 13.0. The van der Waals surface area contributed by atoms with Crippen LogP contribution in [0.1, 0.15) is 5.56 Å². The monoisotopic (exact) mass is 367 g/mol. The molecule has 3 aromatic rings. The van der Waals surface area contributed by atoms with Crippen LogP contribution in [0.5, 0.6) is 5.75 Å². The van der Waals surface area contributed by atoms with Crippen molar-refractivity contribution in [3.8, 4) is 17.1 Å². The molecule has 1 amide bonds. The van der Waals surface area contributed by atoms with Crippen LogP contribution < -0.4 is 5.43 Å². The number of hydrogen-bond acceptors (Lipinski definition) is 8. The van der Waals surface area contributed by atoms with Crippen LogP contribution in [0.3, 0.4) is 0 Å². The highest BCUT2D eigenvalue weighted by atomic mass is 16.6. The lowest BCUT2D eigenvalue weighted by atomic mass is 10.2. The summed E-state index contributed by atoms with van der Waals surface area (Å²) in [5, 5.41) is 35.8. The number of hydrazone groups is 1. The zero-order chi connectivity index (χ0) is 19.2. The van der Waals surface area contributed by atoms with Crippen LogP contribution in [-0.4, -0.2) is 42.4 Å². The van der Waals surface area contributed by atoms with Crippen molar-refractivity contribution < 1.29 is 14.8 Å². The number of rotatable bonds is 6. The number of carbonyl (C=O) groups is 1. The molecule has 136 valence electrons. The molecule has 11 heteroatoms. The third kappa shape index (κ3) is 4.48. The molecule has 0 fully saturated rings. The maximum absolute atomic E-state index is 11.9. The number of nitro benzene ring substituents is 1. The van der Waals surface area contributed by atoms with Crippen LogP contribution in [-0.2, 0) is 11.3 Å². The standard InChI is InChI=1S/C16H13N7O4/c24-14-7-6-13(23(26)27)8-12(14)9-17-18-15(25)10-22-20-16(19-21-22)11-4-2-1-3-5-11/h1-9,24H,10H2,(H,18,25)/b17-9-. The van der Waals surface area contributed by atoms with Crippen LogP contribution in [0.15, 0.2) is 53.6 Å². The molecule has 0 aliphatic heterocycles. The Labute approximate surface area is 152 Å². The van der Waals surface area contributed by atoms with E-state index in [9.17, 15) is 20.0 Å². The first kappa shape index (κ1) is 17.7. The van der Waals surface area contributed by atoms with E-state index in [0.29, 0.717) is 5.82 Å². The van der Waals surface area contributed by atoms with E-state index >= 15 is 0 Å². The average molecular weight is 367 g/mol. The fourth-order valence-electron chi connectivity index (χ4n) is 2.11. The summed E-state index contributed by atoms with van der Waals surface area (Å²) in [6.07, 6.45) is 1.10. The third-order valence-corrected chi connectivity index (χ3v) is 3.38. The molecule has 0 unspecified atom stereocenters. The zero-order valence-corrected chi connectivity index (χ0v) is 13.8. The minimum Gasteiger partial charge on any atom is -0.507 e. The van der Waals surface area contributed by atoms with Gasteiger partial charge in [0, 0.05) is 23.3 Å². The number of hydrogen-bond donors (Lipinski definition) is 2. The molecule has 0 atom stereocenters. The normalized spacial score (nSPS) is 10.8. The molecule has 1 aromatic heterocycles.